The molecular weight excluding hydrogens is 212 g/mol. The van der Waals surface area contributed by atoms with Gasteiger partial charge in [0.2, 0.25) is 0 Å². The maximum absolute atomic E-state index is 11.7. The Morgan fingerprint density at radius 3 is 2.75 bits per heavy atom. The van der Waals surface area contributed by atoms with Crippen LogP contribution in [0, 0.1) is 6.92 Å². The number of nitrogens with zero attached hydrogens (tertiary/aromatic N) is 2. The van der Waals surface area contributed by atoms with Crippen molar-refractivity contribution < 1.29 is 14.4 Å². The molecule has 0 saturated heterocycles. The molecule has 1 aromatic heterocycles. The summed E-state index contributed by atoms with van der Waals surface area (Å²) in [6.45, 7) is 3.36. The smallest absolute Gasteiger partial charge is 0.290 e. The standard InChI is InChI=1S/C10H16N2O4/c1-7(6-13)11(3)5-10(15)12-9(14)4-8(2)16-12/h4,7,13H,5-6H2,1-3H3. The molecule has 0 saturated carbocycles. The molecule has 1 rings (SSSR count). The minimum atomic E-state index is -0.465. The second-order valence-electron chi connectivity index (χ2n) is 3.82. The number of aliphatic hydroxyl groups is 1. The lowest BCUT2D eigenvalue weighted by molar-refractivity contribution is 0.0680. The highest BCUT2D eigenvalue weighted by atomic mass is 16.5. The zero-order chi connectivity index (χ0) is 12.3. The van der Waals surface area contributed by atoms with Gasteiger partial charge >= 0.3 is 0 Å². The predicted molar refractivity (Wildman–Crippen MR) is 57.5 cm³/mol. The van der Waals surface area contributed by atoms with Crippen LogP contribution < -0.4 is 5.56 Å². The van der Waals surface area contributed by atoms with E-state index < -0.39 is 11.5 Å². The van der Waals surface area contributed by atoms with Gasteiger partial charge in [0, 0.05) is 12.1 Å². The van der Waals surface area contributed by atoms with Crippen molar-refractivity contribution in [1.29, 1.82) is 0 Å². The van der Waals surface area contributed by atoms with Gasteiger partial charge in [-0.3, -0.25) is 14.5 Å². The van der Waals surface area contributed by atoms with E-state index in [1.807, 2.05) is 0 Å². The molecule has 0 amide bonds. The maximum atomic E-state index is 11.7. The first-order valence-corrected chi connectivity index (χ1v) is 5.00. The Morgan fingerprint density at radius 2 is 2.31 bits per heavy atom. The first-order valence-electron chi connectivity index (χ1n) is 5.00. The van der Waals surface area contributed by atoms with Gasteiger partial charge in [-0.2, -0.15) is 0 Å². The topological polar surface area (TPSA) is 75.7 Å². The molecule has 90 valence electrons. The van der Waals surface area contributed by atoms with Crippen molar-refractivity contribution >= 4 is 5.91 Å². The Kier molecular flexibility index (Phi) is 4.03. The fourth-order valence-electron chi connectivity index (χ4n) is 1.19. The van der Waals surface area contributed by atoms with Crippen LogP contribution in [0.5, 0.6) is 0 Å². The van der Waals surface area contributed by atoms with Crippen LogP contribution in [0.4, 0.5) is 0 Å². The van der Waals surface area contributed by atoms with Gasteiger partial charge in [-0.1, -0.05) is 0 Å². The van der Waals surface area contributed by atoms with Gasteiger partial charge in [-0.25, -0.2) is 0 Å². The summed E-state index contributed by atoms with van der Waals surface area (Å²) < 4.78 is 5.69. The Hall–Kier alpha value is -1.40. The normalized spacial score (nSPS) is 13.1. The lowest BCUT2D eigenvalue weighted by Gasteiger charge is -2.21. The van der Waals surface area contributed by atoms with E-state index in [0.717, 1.165) is 4.74 Å². The van der Waals surface area contributed by atoms with E-state index in [0.29, 0.717) is 5.76 Å². The number of carbonyl (C=O) groups excluding carboxylic acids is 1. The molecule has 0 radical (unpaired) electrons. The van der Waals surface area contributed by atoms with Crippen molar-refractivity contribution in [2.75, 3.05) is 20.2 Å². The third-order valence-corrected chi connectivity index (χ3v) is 2.39. The van der Waals surface area contributed by atoms with Gasteiger partial charge in [0.15, 0.2) is 0 Å². The van der Waals surface area contributed by atoms with E-state index in [9.17, 15) is 9.59 Å². The first-order chi connectivity index (χ1) is 7.45. The van der Waals surface area contributed by atoms with Gasteiger partial charge in [0.25, 0.3) is 11.5 Å². The number of hydrogen-bond donors (Lipinski definition) is 1. The summed E-state index contributed by atoms with van der Waals surface area (Å²) >= 11 is 0. The van der Waals surface area contributed by atoms with Gasteiger partial charge in [0.1, 0.15) is 5.76 Å². The number of carbonyl (C=O) groups is 1. The second kappa shape index (κ2) is 5.09. The van der Waals surface area contributed by atoms with Crippen LogP contribution in [0.2, 0.25) is 0 Å². The molecule has 6 heteroatoms. The fraction of sp³-hybridized carbons (Fsp3) is 0.600. The molecule has 16 heavy (non-hydrogen) atoms. The summed E-state index contributed by atoms with van der Waals surface area (Å²) in [5.41, 5.74) is -0.465. The van der Waals surface area contributed by atoms with Crippen LogP contribution in [0.15, 0.2) is 15.4 Å². The van der Waals surface area contributed by atoms with Crippen LogP contribution in [0.1, 0.15) is 17.5 Å². The molecule has 1 aromatic rings. The summed E-state index contributed by atoms with van der Waals surface area (Å²) in [6.07, 6.45) is 0. The van der Waals surface area contributed by atoms with Crippen molar-refractivity contribution in [3.05, 3.63) is 22.2 Å². The number of likely N-dealkylation sites (N-methyl/N-ethyl adjacent to an activating group) is 1. The van der Waals surface area contributed by atoms with Crippen molar-refractivity contribution in [3.63, 3.8) is 0 Å². The van der Waals surface area contributed by atoms with E-state index in [2.05, 4.69) is 0 Å². The van der Waals surface area contributed by atoms with E-state index in [1.165, 1.54) is 6.07 Å². The molecule has 0 bridgehead atoms. The lowest BCUT2D eigenvalue weighted by atomic mass is 10.3. The van der Waals surface area contributed by atoms with Gasteiger partial charge < -0.3 is 9.63 Å². The molecular formula is C10H16N2O4. The minimum absolute atomic E-state index is 0.0224. The fourth-order valence-corrected chi connectivity index (χ4v) is 1.19. The third-order valence-electron chi connectivity index (χ3n) is 2.39. The molecule has 1 N–H and O–H groups in total. The summed E-state index contributed by atoms with van der Waals surface area (Å²) in [5, 5.41) is 8.90. The summed E-state index contributed by atoms with van der Waals surface area (Å²) in [6, 6.07) is 1.11. The van der Waals surface area contributed by atoms with Crippen molar-refractivity contribution in [2.45, 2.75) is 19.9 Å². The van der Waals surface area contributed by atoms with Crippen molar-refractivity contribution in [2.24, 2.45) is 0 Å². The molecule has 0 aromatic carbocycles. The molecule has 1 unspecified atom stereocenters. The third kappa shape index (κ3) is 2.80. The van der Waals surface area contributed by atoms with E-state index in [-0.39, 0.29) is 19.2 Å². The van der Waals surface area contributed by atoms with E-state index >= 15 is 0 Å². The Labute approximate surface area is 93.0 Å². The lowest BCUT2D eigenvalue weighted by Crippen LogP contribution is -2.39. The highest BCUT2D eigenvalue weighted by molar-refractivity contribution is 5.79. The molecule has 0 aliphatic heterocycles. The summed E-state index contributed by atoms with van der Waals surface area (Å²) in [7, 11) is 1.69. The number of rotatable bonds is 4. The Bertz CT molecular complexity index is 421. The number of aliphatic hydroxyl groups excluding tert-OH is 1. The van der Waals surface area contributed by atoms with Crippen LogP contribution in [-0.2, 0) is 0 Å². The zero-order valence-corrected chi connectivity index (χ0v) is 9.64. The van der Waals surface area contributed by atoms with Gasteiger partial charge in [-0.15, -0.1) is 4.74 Å². The molecule has 0 spiro atoms. The quantitative estimate of drug-likeness (QED) is 0.766. The molecule has 1 atom stereocenters. The number of aryl methyl sites for hydroxylation is 1. The highest BCUT2D eigenvalue weighted by Gasteiger charge is 2.16. The monoisotopic (exact) mass is 228 g/mol. The number of aromatic nitrogens is 1. The maximum Gasteiger partial charge on any atom is 0.290 e. The first kappa shape index (κ1) is 12.7. The molecule has 0 fully saturated rings. The molecule has 6 nitrogen and oxygen atoms in total. The molecule has 0 aliphatic carbocycles. The Morgan fingerprint density at radius 1 is 1.69 bits per heavy atom. The van der Waals surface area contributed by atoms with Gasteiger partial charge in [0.05, 0.1) is 13.2 Å². The minimum Gasteiger partial charge on any atom is -0.395 e. The molecule has 0 aliphatic rings. The Balaban J connectivity index is 2.73. The van der Waals surface area contributed by atoms with E-state index in [1.54, 1.807) is 25.8 Å². The summed E-state index contributed by atoms with van der Waals surface area (Å²) in [5.74, 6) is -0.0443. The largest absolute Gasteiger partial charge is 0.395 e. The second-order valence-corrected chi connectivity index (χ2v) is 3.82. The van der Waals surface area contributed by atoms with Crippen molar-refractivity contribution in [3.8, 4) is 0 Å². The summed E-state index contributed by atoms with van der Waals surface area (Å²) in [4.78, 5) is 24.6. The van der Waals surface area contributed by atoms with Crippen LogP contribution >= 0.6 is 0 Å². The van der Waals surface area contributed by atoms with Gasteiger partial charge in [-0.05, 0) is 20.9 Å². The van der Waals surface area contributed by atoms with Crippen molar-refractivity contribution in [1.82, 2.24) is 9.64 Å². The zero-order valence-electron chi connectivity index (χ0n) is 9.64. The predicted octanol–water partition coefficient (Wildman–Crippen LogP) is -0.297. The van der Waals surface area contributed by atoms with Crippen LogP contribution in [-0.4, -0.2) is 46.9 Å². The molecule has 1 heterocycles. The SMILES string of the molecule is Cc1cc(=O)n(C(=O)CN(C)C(C)CO)o1. The van der Waals surface area contributed by atoms with Crippen LogP contribution in [0.3, 0.4) is 0 Å². The number of hydrogen-bond acceptors (Lipinski definition) is 5. The van der Waals surface area contributed by atoms with E-state index in [4.69, 9.17) is 9.63 Å². The average Bonchev–Trinajstić information content (AvgIpc) is 2.56. The van der Waals surface area contributed by atoms with Crippen LogP contribution in [0.25, 0.3) is 0 Å². The average molecular weight is 228 g/mol. The highest BCUT2D eigenvalue weighted by Crippen LogP contribution is 1.97.